The number of imidazole rings is 1. The van der Waals surface area contributed by atoms with Gasteiger partial charge < -0.3 is 15.0 Å². The second kappa shape index (κ2) is 5.68. The number of rotatable bonds is 2. The molecule has 0 saturated heterocycles. The molecule has 7 nitrogen and oxygen atoms in total. The smallest absolute Gasteiger partial charge is 0.258 e. The summed E-state index contributed by atoms with van der Waals surface area (Å²) in [7, 11) is 0. The first-order valence-electron chi connectivity index (χ1n) is 7.46. The van der Waals surface area contributed by atoms with Crippen LogP contribution in [0.25, 0.3) is 11.4 Å². The van der Waals surface area contributed by atoms with E-state index >= 15 is 0 Å². The molecule has 0 spiro atoms. The van der Waals surface area contributed by atoms with Crippen LogP contribution in [-0.4, -0.2) is 42.6 Å². The predicted molar refractivity (Wildman–Crippen MR) is 87.7 cm³/mol. The monoisotopic (exact) mass is 343 g/mol. The first kappa shape index (κ1) is 14.8. The van der Waals surface area contributed by atoms with E-state index in [1.54, 1.807) is 23.4 Å². The number of fused-ring (bicyclic) bond motifs is 1. The fourth-order valence-corrected chi connectivity index (χ4v) is 3.01. The summed E-state index contributed by atoms with van der Waals surface area (Å²) >= 11 is 5.93. The lowest BCUT2D eigenvalue weighted by Gasteiger charge is -2.26. The molecule has 0 bridgehead atoms. The van der Waals surface area contributed by atoms with Crippen LogP contribution in [-0.2, 0) is 13.0 Å². The number of carbonyl (C=O) groups excluding carboxylic acids is 1. The molecule has 4 rings (SSSR count). The Bertz CT molecular complexity index is 903. The lowest BCUT2D eigenvalue weighted by molar-refractivity contribution is 0.0729. The number of nitrogens with one attached hydrogen (secondary N) is 2. The summed E-state index contributed by atoms with van der Waals surface area (Å²) < 4.78 is 0. The van der Waals surface area contributed by atoms with Crippen LogP contribution in [0, 0.1) is 0 Å². The molecule has 2 aromatic heterocycles. The summed E-state index contributed by atoms with van der Waals surface area (Å²) in [5.74, 6) is 0.410. The van der Waals surface area contributed by atoms with Crippen molar-refractivity contribution in [3.05, 3.63) is 52.6 Å². The maximum absolute atomic E-state index is 12.7. The van der Waals surface area contributed by atoms with Gasteiger partial charge in [-0.25, -0.2) is 4.98 Å². The minimum absolute atomic E-state index is 0.0705. The summed E-state index contributed by atoms with van der Waals surface area (Å²) in [5, 5.41) is 17.0. The van der Waals surface area contributed by atoms with Crippen LogP contribution >= 0.6 is 11.6 Å². The average Bonchev–Trinajstić information content (AvgIpc) is 3.24. The minimum atomic E-state index is -0.250. The topological polar surface area (TPSA) is 97.9 Å². The summed E-state index contributed by atoms with van der Waals surface area (Å²) in [6.07, 6.45) is 4.10. The van der Waals surface area contributed by atoms with Crippen molar-refractivity contribution < 1.29 is 9.90 Å². The van der Waals surface area contributed by atoms with Gasteiger partial charge in [0.2, 0.25) is 0 Å². The summed E-state index contributed by atoms with van der Waals surface area (Å²) in [6, 6.07) is 4.46. The van der Waals surface area contributed by atoms with Crippen LogP contribution in [0.5, 0.6) is 5.75 Å². The first-order chi connectivity index (χ1) is 11.6. The van der Waals surface area contributed by atoms with Gasteiger partial charge in [0.05, 0.1) is 35.3 Å². The van der Waals surface area contributed by atoms with Crippen LogP contribution < -0.4 is 0 Å². The van der Waals surface area contributed by atoms with Crippen molar-refractivity contribution in [3.8, 4) is 17.1 Å². The molecule has 0 aliphatic carbocycles. The van der Waals surface area contributed by atoms with E-state index in [1.165, 1.54) is 12.1 Å². The lowest BCUT2D eigenvalue weighted by Crippen LogP contribution is -2.36. The molecule has 1 aliphatic heterocycles. The van der Waals surface area contributed by atoms with E-state index in [4.69, 9.17) is 11.6 Å². The summed E-state index contributed by atoms with van der Waals surface area (Å²) in [5.41, 5.74) is 2.92. The Kier molecular flexibility index (Phi) is 3.50. The van der Waals surface area contributed by atoms with Crippen molar-refractivity contribution in [2.24, 2.45) is 0 Å². The summed E-state index contributed by atoms with van der Waals surface area (Å²) in [6.45, 7) is 0.943. The number of halogens is 1. The Morgan fingerprint density at radius 1 is 1.38 bits per heavy atom. The van der Waals surface area contributed by atoms with Crippen molar-refractivity contribution in [2.75, 3.05) is 6.54 Å². The second-order valence-electron chi connectivity index (χ2n) is 5.64. The Morgan fingerprint density at radius 2 is 2.25 bits per heavy atom. The molecule has 0 saturated carbocycles. The van der Waals surface area contributed by atoms with Crippen molar-refractivity contribution in [3.63, 3.8) is 0 Å². The van der Waals surface area contributed by atoms with E-state index in [1.807, 2.05) is 0 Å². The van der Waals surface area contributed by atoms with Gasteiger partial charge in [-0.15, -0.1) is 0 Å². The van der Waals surface area contributed by atoms with Crippen molar-refractivity contribution in [1.82, 2.24) is 25.1 Å². The van der Waals surface area contributed by atoms with E-state index in [9.17, 15) is 9.90 Å². The number of H-pyrrole nitrogens is 2. The van der Waals surface area contributed by atoms with Gasteiger partial charge in [-0.3, -0.25) is 9.89 Å². The zero-order valence-corrected chi connectivity index (χ0v) is 13.3. The van der Waals surface area contributed by atoms with Crippen LogP contribution in [0.15, 0.2) is 30.6 Å². The molecule has 1 amide bonds. The van der Waals surface area contributed by atoms with Crippen molar-refractivity contribution in [1.29, 1.82) is 0 Å². The molecule has 1 aromatic carbocycles. The molecular weight excluding hydrogens is 330 g/mol. The SMILES string of the molecule is O=C(c1cc(Cl)ccc1O)N1CCc2nc(-c3cn[nH]c3)[nH]c2C1. The third-order valence-electron chi connectivity index (χ3n) is 4.08. The second-order valence-corrected chi connectivity index (χ2v) is 6.07. The van der Waals surface area contributed by atoms with Crippen molar-refractivity contribution in [2.45, 2.75) is 13.0 Å². The number of phenolic OH excluding ortho intramolecular Hbond substituents is 1. The molecule has 24 heavy (non-hydrogen) atoms. The molecule has 1 aliphatic rings. The molecule has 0 radical (unpaired) electrons. The largest absolute Gasteiger partial charge is 0.507 e. The fourth-order valence-electron chi connectivity index (χ4n) is 2.83. The summed E-state index contributed by atoms with van der Waals surface area (Å²) in [4.78, 5) is 22.2. The Morgan fingerprint density at radius 3 is 3.04 bits per heavy atom. The van der Waals surface area contributed by atoms with Gasteiger partial charge in [0.25, 0.3) is 5.91 Å². The third kappa shape index (κ3) is 2.52. The van der Waals surface area contributed by atoms with Crippen LogP contribution in [0.3, 0.4) is 0 Å². The molecule has 3 aromatic rings. The molecular formula is C16H14ClN5O2. The van der Waals surface area contributed by atoms with Gasteiger partial charge in [-0.05, 0) is 18.2 Å². The van der Waals surface area contributed by atoms with E-state index < -0.39 is 0 Å². The number of phenols is 1. The lowest BCUT2D eigenvalue weighted by atomic mass is 10.1. The van der Waals surface area contributed by atoms with E-state index in [2.05, 4.69) is 20.2 Å². The quantitative estimate of drug-likeness (QED) is 0.665. The standard InChI is InChI=1S/C16H14ClN5O2/c17-10-1-2-14(23)11(5-10)16(24)22-4-3-12-13(8-22)21-15(20-12)9-6-18-19-7-9/h1-2,5-7,23H,3-4,8H2,(H,18,19)(H,20,21). The van der Waals surface area contributed by atoms with Crippen LogP contribution in [0.1, 0.15) is 21.7 Å². The fraction of sp³-hybridized carbons (Fsp3) is 0.188. The number of amides is 1. The van der Waals surface area contributed by atoms with Crippen LogP contribution in [0.4, 0.5) is 0 Å². The highest BCUT2D eigenvalue weighted by Gasteiger charge is 2.26. The number of nitrogens with zero attached hydrogens (tertiary/aromatic N) is 3. The molecule has 3 heterocycles. The highest BCUT2D eigenvalue weighted by atomic mass is 35.5. The van der Waals surface area contributed by atoms with Gasteiger partial charge in [-0.1, -0.05) is 11.6 Å². The number of aromatic nitrogens is 4. The predicted octanol–water partition coefficient (Wildman–Crippen LogP) is 2.36. The van der Waals surface area contributed by atoms with Crippen molar-refractivity contribution >= 4 is 17.5 Å². The number of benzene rings is 1. The average molecular weight is 344 g/mol. The maximum atomic E-state index is 12.7. The first-order valence-corrected chi connectivity index (χ1v) is 7.84. The van der Waals surface area contributed by atoms with Gasteiger partial charge >= 0.3 is 0 Å². The molecule has 8 heteroatoms. The zero-order valence-electron chi connectivity index (χ0n) is 12.6. The zero-order chi connectivity index (χ0) is 16.7. The van der Waals surface area contributed by atoms with Gasteiger partial charge in [-0.2, -0.15) is 5.10 Å². The van der Waals surface area contributed by atoms with Gasteiger partial charge in [0.1, 0.15) is 11.6 Å². The number of hydrogen-bond donors (Lipinski definition) is 3. The molecule has 3 N–H and O–H groups in total. The maximum Gasteiger partial charge on any atom is 0.258 e. The Labute approximate surface area is 142 Å². The number of hydrogen-bond acceptors (Lipinski definition) is 4. The Hall–Kier alpha value is -2.80. The number of aromatic hydroxyl groups is 1. The van der Waals surface area contributed by atoms with E-state index in [-0.39, 0.29) is 17.2 Å². The number of carbonyl (C=O) groups is 1. The molecule has 0 fully saturated rings. The van der Waals surface area contributed by atoms with Gasteiger partial charge in [0.15, 0.2) is 0 Å². The normalized spacial score (nSPS) is 13.8. The van der Waals surface area contributed by atoms with Gasteiger partial charge in [0, 0.05) is 24.2 Å². The van der Waals surface area contributed by atoms with E-state index in [0.717, 1.165) is 22.8 Å². The molecule has 122 valence electrons. The van der Waals surface area contributed by atoms with Crippen LogP contribution in [0.2, 0.25) is 5.02 Å². The number of aromatic amines is 2. The minimum Gasteiger partial charge on any atom is -0.507 e. The highest BCUT2D eigenvalue weighted by molar-refractivity contribution is 6.31. The molecule has 0 unspecified atom stereocenters. The van der Waals surface area contributed by atoms with E-state index in [0.29, 0.717) is 24.5 Å². The molecule has 0 atom stereocenters. The Balaban J connectivity index is 1.60. The third-order valence-corrected chi connectivity index (χ3v) is 4.31. The highest BCUT2D eigenvalue weighted by Crippen LogP contribution is 2.27.